The fourth-order valence-electron chi connectivity index (χ4n) is 3.49. The van der Waals surface area contributed by atoms with Gasteiger partial charge in [-0.15, -0.1) is 0 Å². The highest BCUT2D eigenvalue weighted by Gasteiger charge is 2.18. The molecule has 0 unspecified atom stereocenters. The molecule has 6 nitrogen and oxygen atoms in total. The van der Waals surface area contributed by atoms with Crippen LogP contribution in [0.5, 0.6) is 0 Å². The monoisotopic (exact) mass is 433 g/mol. The van der Waals surface area contributed by atoms with Crippen molar-refractivity contribution in [2.75, 3.05) is 18.5 Å². The first kappa shape index (κ1) is 21.0. The third-order valence-electron chi connectivity index (χ3n) is 5.08. The Kier molecular flexibility index (Phi) is 6.54. The summed E-state index contributed by atoms with van der Waals surface area (Å²) in [5.74, 6) is 2.03. The van der Waals surface area contributed by atoms with Gasteiger partial charge in [0.05, 0.1) is 5.02 Å². The molecule has 0 aliphatic heterocycles. The van der Waals surface area contributed by atoms with Gasteiger partial charge in [-0.05, 0) is 56.2 Å². The predicted molar refractivity (Wildman–Crippen MR) is 125 cm³/mol. The lowest BCUT2D eigenvalue weighted by Crippen LogP contribution is -2.17. The molecular formula is C24H24ClN5O. The van der Waals surface area contributed by atoms with E-state index in [9.17, 15) is 0 Å². The molecule has 0 aliphatic rings. The third kappa shape index (κ3) is 4.73. The van der Waals surface area contributed by atoms with Crippen LogP contribution in [0.4, 0.5) is 0 Å². The van der Waals surface area contributed by atoms with Crippen molar-refractivity contribution in [1.82, 2.24) is 14.6 Å². The summed E-state index contributed by atoms with van der Waals surface area (Å²) in [6.45, 7) is 10.2. The van der Waals surface area contributed by atoms with Gasteiger partial charge in [-0.3, -0.25) is 0 Å². The second-order valence-electron chi connectivity index (χ2n) is 7.41. The number of unbranched alkanes of at least 4 members (excludes halogenated alkanes) is 3. The second-order valence-corrected chi connectivity index (χ2v) is 7.82. The zero-order chi connectivity index (χ0) is 21.6. The van der Waals surface area contributed by atoms with Gasteiger partial charge in [-0.2, -0.15) is 0 Å². The van der Waals surface area contributed by atoms with Crippen LogP contribution in [-0.2, 0) is 0 Å². The summed E-state index contributed by atoms with van der Waals surface area (Å²) in [5.41, 5.74) is 6.82. The summed E-state index contributed by atoms with van der Waals surface area (Å²) in [7, 11) is 0. The first-order chi connectivity index (χ1) is 15.2. The minimum absolute atomic E-state index is 0.610. The van der Waals surface area contributed by atoms with E-state index >= 15 is 0 Å². The molecule has 31 heavy (non-hydrogen) atoms. The van der Waals surface area contributed by atoms with Crippen molar-refractivity contribution in [3.8, 4) is 22.9 Å². The highest BCUT2D eigenvalue weighted by molar-refractivity contribution is 6.33. The lowest BCUT2D eigenvalue weighted by molar-refractivity contribution is 0.587. The van der Waals surface area contributed by atoms with E-state index in [2.05, 4.69) is 15.3 Å². The Morgan fingerprint density at radius 3 is 2.65 bits per heavy atom. The number of imidazole rings is 1. The van der Waals surface area contributed by atoms with Crippen molar-refractivity contribution < 1.29 is 4.42 Å². The minimum atomic E-state index is 0.610. The molecule has 0 fully saturated rings. The summed E-state index contributed by atoms with van der Waals surface area (Å²) >= 11 is 6.34. The highest BCUT2D eigenvalue weighted by Crippen LogP contribution is 2.33. The van der Waals surface area contributed by atoms with E-state index in [0.717, 1.165) is 54.6 Å². The molecule has 4 rings (SSSR count). The van der Waals surface area contributed by atoms with E-state index in [1.165, 1.54) is 0 Å². The molecule has 3 heterocycles. The Labute approximate surface area is 186 Å². The maximum absolute atomic E-state index is 6.86. The van der Waals surface area contributed by atoms with Crippen molar-refractivity contribution in [1.29, 1.82) is 0 Å². The maximum Gasteiger partial charge on any atom is 0.214 e. The van der Waals surface area contributed by atoms with Crippen molar-refractivity contribution in [3.05, 3.63) is 70.7 Å². The van der Waals surface area contributed by atoms with Crippen LogP contribution < -0.4 is 5.43 Å². The summed E-state index contributed by atoms with van der Waals surface area (Å²) in [5, 5.41) is 0.644. The summed E-state index contributed by atoms with van der Waals surface area (Å²) in [4.78, 5) is 12.9. The van der Waals surface area contributed by atoms with Crippen LogP contribution in [0.1, 0.15) is 31.4 Å². The average molecular weight is 434 g/mol. The van der Waals surface area contributed by atoms with Crippen LogP contribution >= 0.6 is 11.6 Å². The molecule has 0 radical (unpaired) electrons. The summed E-state index contributed by atoms with van der Waals surface area (Å²) in [6, 6.07) is 15.4. The van der Waals surface area contributed by atoms with Gasteiger partial charge in [0, 0.05) is 24.2 Å². The van der Waals surface area contributed by atoms with Crippen molar-refractivity contribution in [2.24, 2.45) is 0 Å². The molecule has 0 saturated heterocycles. The minimum Gasteiger partial charge on any atom is -0.453 e. The second kappa shape index (κ2) is 9.67. The number of halogens is 1. The SMILES string of the molecule is [C-]#[N+]CCCCCCNn1c(-c2ccc(-c3ccccc3Cl)o2)nc2ccc(C)nc21. The van der Waals surface area contributed by atoms with E-state index < -0.39 is 0 Å². The van der Waals surface area contributed by atoms with Crippen molar-refractivity contribution >= 4 is 22.8 Å². The van der Waals surface area contributed by atoms with Gasteiger partial charge in [0.15, 0.2) is 17.2 Å². The number of aromatic nitrogens is 3. The van der Waals surface area contributed by atoms with Crippen LogP contribution in [0.25, 0.3) is 38.9 Å². The number of fused-ring (bicyclic) bond motifs is 1. The lowest BCUT2D eigenvalue weighted by Gasteiger charge is -2.10. The van der Waals surface area contributed by atoms with Crippen molar-refractivity contribution in [3.63, 3.8) is 0 Å². The van der Waals surface area contributed by atoms with Crippen LogP contribution in [0, 0.1) is 13.5 Å². The number of furan rings is 1. The predicted octanol–water partition coefficient (Wildman–Crippen LogP) is 6.34. The average Bonchev–Trinajstić information content (AvgIpc) is 3.38. The zero-order valence-electron chi connectivity index (χ0n) is 17.4. The van der Waals surface area contributed by atoms with Crippen molar-refractivity contribution in [2.45, 2.75) is 32.6 Å². The summed E-state index contributed by atoms with van der Waals surface area (Å²) < 4.78 is 8.06. The van der Waals surface area contributed by atoms with Gasteiger partial charge in [-0.25, -0.2) is 21.2 Å². The molecule has 7 heteroatoms. The largest absolute Gasteiger partial charge is 0.453 e. The normalized spacial score (nSPS) is 11.0. The van der Waals surface area contributed by atoms with Gasteiger partial charge in [0.2, 0.25) is 6.54 Å². The standard InChI is InChI=1S/C24H24ClN5O/c1-17-11-12-20-23(28-17)30(27-16-8-4-3-7-15-26-2)24(29-20)22-14-13-21(31-22)18-9-5-6-10-19(18)25/h5-6,9-14,27H,3-4,7-8,15-16H2,1H3. The van der Waals surface area contributed by atoms with Crippen LogP contribution in [0.2, 0.25) is 5.02 Å². The highest BCUT2D eigenvalue weighted by atomic mass is 35.5. The molecule has 3 aromatic heterocycles. The molecule has 1 N–H and O–H groups in total. The van der Waals surface area contributed by atoms with Gasteiger partial charge in [-0.1, -0.05) is 30.2 Å². The zero-order valence-corrected chi connectivity index (χ0v) is 18.2. The van der Waals surface area contributed by atoms with E-state index in [1.807, 2.05) is 60.1 Å². The Bertz CT molecular complexity index is 1220. The van der Waals surface area contributed by atoms with Gasteiger partial charge < -0.3 is 14.7 Å². The number of hydrogen-bond acceptors (Lipinski definition) is 4. The third-order valence-corrected chi connectivity index (χ3v) is 5.41. The van der Waals surface area contributed by atoms with E-state index in [-0.39, 0.29) is 0 Å². The topological polar surface area (TPSA) is 60.2 Å². The number of hydrogen-bond donors (Lipinski definition) is 1. The number of rotatable bonds is 9. The lowest BCUT2D eigenvalue weighted by atomic mass is 10.2. The smallest absolute Gasteiger partial charge is 0.214 e. The van der Waals surface area contributed by atoms with E-state index in [0.29, 0.717) is 28.9 Å². The molecule has 0 bridgehead atoms. The molecule has 0 amide bonds. The Morgan fingerprint density at radius 1 is 1.00 bits per heavy atom. The quantitative estimate of drug-likeness (QED) is 0.247. The van der Waals surface area contributed by atoms with Crippen LogP contribution in [-0.4, -0.2) is 27.7 Å². The Morgan fingerprint density at radius 2 is 1.81 bits per heavy atom. The molecular weight excluding hydrogens is 410 g/mol. The first-order valence-corrected chi connectivity index (χ1v) is 10.8. The number of benzene rings is 1. The van der Waals surface area contributed by atoms with Gasteiger partial charge in [0.1, 0.15) is 11.3 Å². The molecule has 1 aromatic carbocycles. The molecule has 0 atom stereocenters. The molecule has 0 aliphatic carbocycles. The Hall–Kier alpha value is -3.30. The molecule has 0 spiro atoms. The van der Waals surface area contributed by atoms with Gasteiger partial charge >= 0.3 is 0 Å². The Balaban J connectivity index is 1.60. The fraction of sp³-hybridized carbons (Fsp3) is 0.292. The maximum atomic E-state index is 6.86. The van der Waals surface area contributed by atoms with E-state index in [1.54, 1.807) is 0 Å². The number of nitrogens with zero attached hydrogens (tertiary/aromatic N) is 4. The fourth-order valence-corrected chi connectivity index (χ4v) is 3.72. The van der Waals surface area contributed by atoms with E-state index in [4.69, 9.17) is 27.6 Å². The molecule has 158 valence electrons. The molecule has 0 saturated carbocycles. The number of nitrogens with one attached hydrogen (secondary N) is 1. The number of aryl methyl sites for hydroxylation is 1. The molecule has 4 aromatic rings. The van der Waals surface area contributed by atoms with Crippen LogP contribution in [0.15, 0.2) is 52.9 Å². The number of pyridine rings is 1. The van der Waals surface area contributed by atoms with Crippen LogP contribution in [0.3, 0.4) is 0 Å². The first-order valence-electron chi connectivity index (χ1n) is 10.5. The van der Waals surface area contributed by atoms with Gasteiger partial charge in [0.25, 0.3) is 0 Å². The summed E-state index contributed by atoms with van der Waals surface area (Å²) in [6.07, 6.45) is 4.11.